The van der Waals surface area contributed by atoms with E-state index in [-0.39, 0.29) is 17.6 Å². The minimum atomic E-state index is -0.314. The maximum Gasteiger partial charge on any atom is 0.241 e. The smallest absolute Gasteiger partial charge is 0.241 e. The lowest BCUT2D eigenvalue weighted by atomic mass is 10.1. The summed E-state index contributed by atoms with van der Waals surface area (Å²) in [5, 5.41) is 3.02. The fourth-order valence-corrected chi connectivity index (χ4v) is 3.85. The first-order chi connectivity index (χ1) is 15.0. The number of likely N-dealkylation sites (N-methyl/N-ethyl adjacent to an activating group) is 1. The summed E-state index contributed by atoms with van der Waals surface area (Å²) in [6.07, 6.45) is 0.871. The van der Waals surface area contributed by atoms with Crippen LogP contribution >= 0.6 is 0 Å². The van der Waals surface area contributed by atoms with Gasteiger partial charge in [-0.25, -0.2) is 4.39 Å². The van der Waals surface area contributed by atoms with E-state index in [1.54, 1.807) is 17.0 Å². The van der Waals surface area contributed by atoms with Gasteiger partial charge in [0.2, 0.25) is 11.8 Å². The summed E-state index contributed by atoms with van der Waals surface area (Å²) < 4.78 is 13.2. The normalized spacial score (nSPS) is 14.9. The lowest BCUT2D eigenvalue weighted by molar-refractivity contribution is -0.121. The zero-order valence-electron chi connectivity index (χ0n) is 18.3. The molecule has 0 aliphatic carbocycles. The predicted octanol–water partition coefficient (Wildman–Crippen LogP) is 3.00. The predicted molar refractivity (Wildman–Crippen MR) is 122 cm³/mol. The molecule has 2 aromatic rings. The number of amides is 2. The first kappa shape index (κ1) is 22.9. The highest BCUT2D eigenvalue weighted by Crippen LogP contribution is 2.17. The lowest BCUT2D eigenvalue weighted by Crippen LogP contribution is -2.51. The number of hydrogen-bond donors (Lipinski definition) is 1. The first-order valence-corrected chi connectivity index (χ1v) is 10.9. The molecule has 1 fully saturated rings. The third-order valence-corrected chi connectivity index (χ3v) is 5.62. The first-order valence-electron chi connectivity index (χ1n) is 10.9. The third kappa shape index (κ3) is 6.35. The topological polar surface area (TPSA) is 55.9 Å². The molecule has 0 unspecified atom stereocenters. The Balaban J connectivity index is 1.46. The molecule has 1 N–H and O–H groups in total. The highest BCUT2D eigenvalue weighted by Gasteiger charge is 2.23. The largest absolute Gasteiger partial charge is 0.325 e. The Bertz CT molecular complexity index is 879. The zero-order chi connectivity index (χ0) is 22.2. The van der Waals surface area contributed by atoms with E-state index >= 15 is 0 Å². The van der Waals surface area contributed by atoms with Crippen molar-refractivity contribution in [2.75, 3.05) is 56.0 Å². The summed E-state index contributed by atoms with van der Waals surface area (Å²) in [5.74, 6) is -0.332. The number of nitrogens with zero attached hydrogens (tertiary/aromatic N) is 3. The van der Waals surface area contributed by atoms with Crippen molar-refractivity contribution in [3.05, 3.63) is 59.9 Å². The average molecular weight is 427 g/mol. The molecule has 1 aliphatic heterocycles. The fourth-order valence-electron chi connectivity index (χ4n) is 3.85. The molecule has 0 bridgehead atoms. The number of carbonyl (C=O) groups is 2. The van der Waals surface area contributed by atoms with Crippen molar-refractivity contribution in [2.24, 2.45) is 0 Å². The Morgan fingerprint density at radius 2 is 1.55 bits per heavy atom. The number of aryl methyl sites for hydroxylation is 1. The summed E-state index contributed by atoms with van der Waals surface area (Å²) in [7, 11) is 0. The molecular weight excluding hydrogens is 395 g/mol. The molecule has 1 aliphatic rings. The van der Waals surface area contributed by atoms with E-state index in [2.05, 4.69) is 22.0 Å². The van der Waals surface area contributed by atoms with Crippen LogP contribution in [0.5, 0.6) is 0 Å². The molecule has 0 spiro atoms. The van der Waals surface area contributed by atoms with Gasteiger partial charge in [0.1, 0.15) is 5.82 Å². The second kappa shape index (κ2) is 11.0. The maximum atomic E-state index is 13.2. The summed E-state index contributed by atoms with van der Waals surface area (Å²) in [6.45, 7) is 8.10. The van der Waals surface area contributed by atoms with Gasteiger partial charge in [0.15, 0.2) is 0 Å². The van der Waals surface area contributed by atoms with Crippen LogP contribution in [0.15, 0.2) is 48.5 Å². The summed E-state index contributed by atoms with van der Waals surface area (Å²) >= 11 is 0. The van der Waals surface area contributed by atoms with Crippen molar-refractivity contribution in [3.63, 3.8) is 0 Å². The van der Waals surface area contributed by atoms with Crippen molar-refractivity contribution in [2.45, 2.75) is 20.3 Å². The highest BCUT2D eigenvalue weighted by atomic mass is 19.1. The Kier molecular flexibility index (Phi) is 8.14. The van der Waals surface area contributed by atoms with E-state index in [4.69, 9.17) is 0 Å². The maximum absolute atomic E-state index is 13.2. The Labute approximate surface area is 183 Å². The van der Waals surface area contributed by atoms with E-state index in [1.807, 2.05) is 31.2 Å². The van der Waals surface area contributed by atoms with Crippen LogP contribution in [-0.2, 0) is 16.0 Å². The monoisotopic (exact) mass is 426 g/mol. The Morgan fingerprint density at radius 1 is 0.935 bits per heavy atom. The van der Waals surface area contributed by atoms with E-state index in [1.165, 1.54) is 12.1 Å². The second-order valence-electron chi connectivity index (χ2n) is 7.73. The van der Waals surface area contributed by atoms with Gasteiger partial charge in [0, 0.05) is 44.1 Å². The summed E-state index contributed by atoms with van der Waals surface area (Å²) in [4.78, 5) is 31.1. The summed E-state index contributed by atoms with van der Waals surface area (Å²) in [6, 6.07) is 13.9. The molecule has 3 rings (SSSR count). The van der Waals surface area contributed by atoms with Crippen molar-refractivity contribution >= 4 is 23.2 Å². The molecule has 166 valence electrons. The van der Waals surface area contributed by atoms with Gasteiger partial charge in [0.05, 0.1) is 13.1 Å². The van der Waals surface area contributed by atoms with Gasteiger partial charge in [-0.3, -0.25) is 19.4 Å². The van der Waals surface area contributed by atoms with Crippen LogP contribution in [0.1, 0.15) is 19.4 Å². The number of nitrogens with one attached hydrogen (secondary N) is 1. The van der Waals surface area contributed by atoms with Gasteiger partial charge >= 0.3 is 0 Å². The second-order valence-corrected chi connectivity index (χ2v) is 7.73. The molecule has 0 aromatic heterocycles. The average Bonchev–Trinajstić information content (AvgIpc) is 2.77. The quantitative estimate of drug-likeness (QED) is 0.705. The Morgan fingerprint density at radius 3 is 2.16 bits per heavy atom. The number of rotatable bonds is 8. The molecule has 7 heteroatoms. The van der Waals surface area contributed by atoms with Gasteiger partial charge in [-0.15, -0.1) is 0 Å². The van der Waals surface area contributed by atoms with Gasteiger partial charge in [0.25, 0.3) is 0 Å². The van der Waals surface area contributed by atoms with Gasteiger partial charge in [-0.1, -0.05) is 25.1 Å². The summed E-state index contributed by atoms with van der Waals surface area (Å²) in [5.41, 5.74) is 2.71. The molecule has 0 radical (unpaired) electrons. The molecular formula is C24H31FN4O2. The minimum Gasteiger partial charge on any atom is -0.325 e. The van der Waals surface area contributed by atoms with Crippen LogP contribution in [0.4, 0.5) is 15.8 Å². The molecule has 2 amide bonds. The Hall–Kier alpha value is -2.77. The third-order valence-electron chi connectivity index (χ3n) is 5.62. The molecule has 0 saturated carbocycles. The number of piperazine rings is 1. The molecule has 31 heavy (non-hydrogen) atoms. The van der Waals surface area contributed by atoms with Crippen molar-refractivity contribution in [3.8, 4) is 0 Å². The number of carbonyl (C=O) groups excluding carboxylic acids is 2. The van der Waals surface area contributed by atoms with Crippen LogP contribution in [-0.4, -0.2) is 67.4 Å². The van der Waals surface area contributed by atoms with Gasteiger partial charge in [-0.2, -0.15) is 0 Å². The van der Waals surface area contributed by atoms with E-state index in [0.717, 1.165) is 43.9 Å². The fraction of sp³-hybridized carbons (Fsp3) is 0.417. The molecule has 1 heterocycles. The molecule has 0 atom stereocenters. The van der Waals surface area contributed by atoms with E-state index < -0.39 is 0 Å². The molecule has 2 aromatic carbocycles. The van der Waals surface area contributed by atoms with Gasteiger partial charge < -0.3 is 10.2 Å². The van der Waals surface area contributed by atoms with Crippen LogP contribution < -0.4 is 10.2 Å². The number of benzene rings is 2. The highest BCUT2D eigenvalue weighted by molar-refractivity contribution is 5.95. The minimum absolute atomic E-state index is 0.00326. The zero-order valence-corrected chi connectivity index (χ0v) is 18.3. The van der Waals surface area contributed by atoms with Crippen LogP contribution in [0.25, 0.3) is 0 Å². The van der Waals surface area contributed by atoms with Crippen LogP contribution in [0.3, 0.4) is 0 Å². The van der Waals surface area contributed by atoms with Crippen molar-refractivity contribution in [1.82, 2.24) is 9.80 Å². The molecule has 6 nitrogen and oxygen atoms in total. The number of hydrogen-bond acceptors (Lipinski definition) is 4. The van der Waals surface area contributed by atoms with Crippen LogP contribution in [0, 0.1) is 5.82 Å². The van der Waals surface area contributed by atoms with E-state index in [0.29, 0.717) is 25.3 Å². The SMILES string of the molecule is CCc1ccccc1NC(=O)CN1CCN(CC(=O)N(CC)c2ccc(F)cc2)CC1. The number of halogens is 1. The van der Waals surface area contributed by atoms with E-state index in [9.17, 15) is 14.0 Å². The van der Waals surface area contributed by atoms with Crippen molar-refractivity contribution in [1.29, 1.82) is 0 Å². The number of anilines is 2. The lowest BCUT2D eigenvalue weighted by Gasteiger charge is -2.35. The van der Waals surface area contributed by atoms with Crippen molar-refractivity contribution < 1.29 is 14.0 Å². The molecule has 1 saturated heterocycles. The van der Waals surface area contributed by atoms with Gasteiger partial charge in [-0.05, 0) is 49.2 Å². The number of para-hydroxylation sites is 1. The standard InChI is InChI=1S/C24H31FN4O2/c1-3-19-7-5-6-8-22(19)26-23(30)17-27-13-15-28(16-14-27)18-24(31)29(4-2)21-11-9-20(25)10-12-21/h5-12H,3-4,13-18H2,1-2H3,(H,26,30). The van der Waals surface area contributed by atoms with Crippen LogP contribution in [0.2, 0.25) is 0 Å².